The number of morpholine rings is 1. The lowest BCUT2D eigenvalue weighted by Gasteiger charge is -2.28. The number of hydrogen-bond donors (Lipinski definition) is 1. The van der Waals surface area contributed by atoms with Gasteiger partial charge in [0, 0.05) is 24.5 Å². The van der Waals surface area contributed by atoms with E-state index in [1.165, 1.54) is 0 Å². The van der Waals surface area contributed by atoms with Gasteiger partial charge in [-0.15, -0.1) is 11.3 Å². The van der Waals surface area contributed by atoms with Gasteiger partial charge in [-0.1, -0.05) is 18.2 Å². The summed E-state index contributed by atoms with van der Waals surface area (Å²) in [4.78, 5) is 12.1. The van der Waals surface area contributed by atoms with E-state index in [0.29, 0.717) is 13.2 Å². The van der Waals surface area contributed by atoms with Gasteiger partial charge in [0.25, 0.3) is 0 Å². The van der Waals surface area contributed by atoms with Gasteiger partial charge in [-0.2, -0.15) is 4.98 Å². The Labute approximate surface area is 172 Å². The average Bonchev–Trinajstić information content (AvgIpc) is 3.10. The second-order valence-electron chi connectivity index (χ2n) is 6.53. The van der Waals surface area contributed by atoms with Crippen molar-refractivity contribution in [2.45, 2.75) is 6.54 Å². The normalized spacial score (nSPS) is 15.3. The first-order valence-corrected chi connectivity index (χ1v) is 11.8. The molecule has 0 amide bonds. The predicted molar refractivity (Wildman–Crippen MR) is 113 cm³/mol. The highest BCUT2D eigenvalue weighted by Gasteiger charge is 2.19. The molecule has 0 bridgehead atoms. The lowest BCUT2D eigenvalue weighted by molar-refractivity contribution is 0.122. The molecule has 7 nitrogen and oxygen atoms in total. The third kappa shape index (κ3) is 4.44. The number of halogens is 1. The first kappa shape index (κ1) is 19.5. The zero-order valence-corrected chi connectivity index (χ0v) is 17.6. The Morgan fingerprint density at radius 2 is 2.04 bits per heavy atom. The summed E-state index contributed by atoms with van der Waals surface area (Å²) in [5.41, 5.74) is 2.69. The quantitative estimate of drug-likeness (QED) is 0.616. The SMILES string of the molecule is CS(=O)(=O)NCc1cccc(-c2cc3nc(Cl)nc(N4CCOCC4)c3s2)c1. The van der Waals surface area contributed by atoms with Gasteiger partial charge in [0.1, 0.15) is 0 Å². The van der Waals surface area contributed by atoms with E-state index in [1.807, 2.05) is 30.3 Å². The lowest BCUT2D eigenvalue weighted by atomic mass is 10.1. The maximum Gasteiger partial charge on any atom is 0.224 e. The maximum atomic E-state index is 11.3. The fraction of sp³-hybridized carbons (Fsp3) is 0.333. The summed E-state index contributed by atoms with van der Waals surface area (Å²) in [6.07, 6.45) is 1.15. The molecule has 148 valence electrons. The molecule has 1 fully saturated rings. The van der Waals surface area contributed by atoms with Gasteiger partial charge in [0.15, 0.2) is 5.82 Å². The molecule has 1 N–H and O–H groups in total. The minimum Gasteiger partial charge on any atom is -0.378 e. The molecule has 3 heterocycles. The van der Waals surface area contributed by atoms with Crippen LogP contribution in [0.5, 0.6) is 0 Å². The number of fused-ring (bicyclic) bond motifs is 1. The summed E-state index contributed by atoms with van der Waals surface area (Å²) in [5, 5.41) is 0.226. The summed E-state index contributed by atoms with van der Waals surface area (Å²) in [6.45, 7) is 3.11. The Kier molecular flexibility index (Phi) is 5.52. The second kappa shape index (κ2) is 7.92. The van der Waals surface area contributed by atoms with Gasteiger partial charge < -0.3 is 9.64 Å². The zero-order chi connectivity index (χ0) is 19.7. The molecule has 1 aliphatic heterocycles. The second-order valence-corrected chi connectivity index (χ2v) is 9.76. The molecule has 1 aromatic carbocycles. The topological polar surface area (TPSA) is 84.4 Å². The first-order chi connectivity index (χ1) is 13.4. The van der Waals surface area contributed by atoms with Crippen molar-refractivity contribution >= 4 is 49.0 Å². The minimum absolute atomic E-state index is 0.226. The Balaban J connectivity index is 1.70. The minimum atomic E-state index is -3.24. The number of nitrogens with one attached hydrogen (secondary N) is 1. The summed E-state index contributed by atoms with van der Waals surface area (Å²) >= 11 is 7.77. The molecule has 0 aliphatic carbocycles. The Morgan fingerprint density at radius 1 is 1.25 bits per heavy atom. The van der Waals surface area contributed by atoms with Crippen LogP contribution in [0, 0.1) is 0 Å². The van der Waals surface area contributed by atoms with Gasteiger partial charge in [0.2, 0.25) is 15.3 Å². The molecule has 10 heteroatoms. The summed E-state index contributed by atoms with van der Waals surface area (Å²) in [5.74, 6) is 0.837. The number of benzene rings is 1. The first-order valence-electron chi connectivity index (χ1n) is 8.73. The van der Waals surface area contributed by atoms with Crippen molar-refractivity contribution in [2.24, 2.45) is 0 Å². The highest BCUT2D eigenvalue weighted by Crippen LogP contribution is 2.38. The molecule has 1 aliphatic rings. The number of thiophene rings is 1. The van der Waals surface area contributed by atoms with Crippen LogP contribution in [-0.2, 0) is 21.3 Å². The van der Waals surface area contributed by atoms with Gasteiger partial charge in [0.05, 0.1) is 29.7 Å². The summed E-state index contributed by atoms with van der Waals surface area (Å²) < 4.78 is 31.6. The van der Waals surface area contributed by atoms with Crippen LogP contribution < -0.4 is 9.62 Å². The molecule has 2 aromatic heterocycles. The van der Waals surface area contributed by atoms with Crippen molar-refractivity contribution in [3.05, 3.63) is 41.2 Å². The van der Waals surface area contributed by atoms with Gasteiger partial charge in [-0.25, -0.2) is 18.1 Å². The van der Waals surface area contributed by atoms with E-state index in [2.05, 4.69) is 19.6 Å². The lowest BCUT2D eigenvalue weighted by Crippen LogP contribution is -2.36. The fourth-order valence-corrected chi connectivity index (χ4v) is 4.78. The van der Waals surface area contributed by atoms with E-state index in [9.17, 15) is 8.42 Å². The molecule has 0 saturated carbocycles. The number of nitrogens with zero attached hydrogens (tertiary/aromatic N) is 3. The molecule has 3 aromatic rings. The Hall–Kier alpha value is -1.78. The average molecular weight is 439 g/mol. The molecular weight excluding hydrogens is 420 g/mol. The van der Waals surface area contributed by atoms with Crippen molar-refractivity contribution < 1.29 is 13.2 Å². The molecule has 0 unspecified atom stereocenters. The molecule has 28 heavy (non-hydrogen) atoms. The highest BCUT2D eigenvalue weighted by molar-refractivity contribution is 7.88. The van der Waals surface area contributed by atoms with Gasteiger partial charge in [-0.05, 0) is 34.9 Å². The zero-order valence-electron chi connectivity index (χ0n) is 15.2. The molecular formula is C18H19ClN4O3S2. The van der Waals surface area contributed by atoms with Crippen LogP contribution in [0.2, 0.25) is 5.28 Å². The summed E-state index contributed by atoms with van der Waals surface area (Å²) in [6, 6.07) is 9.79. The van der Waals surface area contributed by atoms with E-state index < -0.39 is 10.0 Å². The Bertz CT molecular complexity index is 1110. The van der Waals surface area contributed by atoms with E-state index >= 15 is 0 Å². The number of anilines is 1. The van der Waals surface area contributed by atoms with Crippen LogP contribution in [0.4, 0.5) is 5.82 Å². The number of sulfonamides is 1. The largest absolute Gasteiger partial charge is 0.378 e. The molecule has 1 saturated heterocycles. The fourth-order valence-electron chi connectivity index (χ4n) is 3.07. The van der Waals surface area contributed by atoms with Crippen LogP contribution in [0.25, 0.3) is 20.7 Å². The van der Waals surface area contributed by atoms with Gasteiger partial charge >= 0.3 is 0 Å². The molecule has 0 atom stereocenters. The standard InChI is InChI=1S/C18H19ClN4O3S2/c1-28(24,25)20-11-12-3-2-4-13(9-12)15-10-14-16(27-15)17(22-18(19)21-14)23-5-7-26-8-6-23/h2-4,9-10,20H,5-8,11H2,1H3. The van der Waals surface area contributed by atoms with Crippen molar-refractivity contribution in [1.82, 2.24) is 14.7 Å². The number of ether oxygens (including phenoxy) is 1. The van der Waals surface area contributed by atoms with Crippen LogP contribution in [0.1, 0.15) is 5.56 Å². The van der Waals surface area contributed by atoms with Crippen molar-refractivity contribution in [3.8, 4) is 10.4 Å². The third-order valence-corrected chi connectivity index (χ3v) is 6.39. The monoisotopic (exact) mass is 438 g/mol. The number of rotatable bonds is 5. The van der Waals surface area contributed by atoms with E-state index in [-0.39, 0.29) is 11.8 Å². The number of hydrogen-bond acceptors (Lipinski definition) is 7. The van der Waals surface area contributed by atoms with Crippen LogP contribution in [0.15, 0.2) is 30.3 Å². The van der Waals surface area contributed by atoms with Crippen molar-refractivity contribution in [3.63, 3.8) is 0 Å². The predicted octanol–water partition coefficient (Wildman–Crippen LogP) is 2.90. The smallest absolute Gasteiger partial charge is 0.224 e. The number of aromatic nitrogens is 2. The van der Waals surface area contributed by atoms with E-state index in [0.717, 1.165) is 51.4 Å². The van der Waals surface area contributed by atoms with Crippen molar-refractivity contribution in [2.75, 3.05) is 37.5 Å². The van der Waals surface area contributed by atoms with Crippen LogP contribution in [0.3, 0.4) is 0 Å². The van der Waals surface area contributed by atoms with E-state index in [4.69, 9.17) is 16.3 Å². The van der Waals surface area contributed by atoms with Crippen LogP contribution in [-0.4, -0.2) is 50.9 Å². The summed E-state index contributed by atoms with van der Waals surface area (Å²) in [7, 11) is -3.24. The molecule has 0 radical (unpaired) electrons. The van der Waals surface area contributed by atoms with E-state index in [1.54, 1.807) is 11.3 Å². The van der Waals surface area contributed by atoms with Crippen LogP contribution >= 0.6 is 22.9 Å². The third-order valence-electron chi connectivity index (χ3n) is 4.39. The van der Waals surface area contributed by atoms with Crippen molar-refractivity contribution in [1.29, 1.82) is 0 Å². The van der Waals surface area contributed by atoms with Gasteiger partial charge in [-0.3, -0.25) is 0 Å². The highest BCUT2D eigenvalue weighted by atomic mass is 35.5. The Morgan fingerprint density at radius 3 is 2.79 bits per heavy atom. The molecule has 4 rings (SSSR count). The molecule has 0 spiro atoms. The maximum absolute atomic E-state index is 11.3.